The molecule has 3 rings (SSSR count). The van der Waals surface area contributed by atoms with Gasteiger partial charge in [-0.1, -0.05) is 0 Å². The second-order valence-corrected chi connectivity index (χ2v) is 4.46. The smallest absolute Gasteiger partial charge is 0.159 e. The molecule has 14 heavy (non-hydrogen) atoms. The predicted octanol–water partition coefficient (Wildman–Crippen LogP) is 0.915. The quantitative estimate of drug-likeness (QED) is 0.759. The first-order valence-electron chi connectivity index (χ1n) is 5.36. The lowest BCUT2D eigenvalue weighted by molar-refractivity contribution is 0.00746. The SMILES string of the molecule is CCn1ncnc1C1(O)CCC2CC21. The molecule has 0 radical (unpaired) electrons. The maximum atomic E-state index is 10.6. The number of aromatic nitrogens is 3. The molecule has 0 amide bonds. The summed E-state index contributed by atoms with van der Waals surface area (Å²) in [4.78, 5) is 4.22. The standard InChI is InChI=1S/C10H15N3O/c1-2-13-9(11-6-12-13)10(14)4-3-7-5-8(7)10/h6-8,14H,2-5H2,1H3. The van der Waals surface area contributed by atoms with E-state index in [1.54, 1.807) is 6.33 Å². The van der Waals surface area contributed by atoms with Crippen LogP contribution >= 0.6 is 0 Å². The molecule has 2 aliphatic rings. The van der Waals surface area contributed by atoms with E-state index in [9.17, 15) is 5.11 Å². The maximum absolute atomic E-state index is 10.6. The van der Waals surface area contributed by atoms with Crippen LogP contribution in [0, 0.1) is 11.8 Å². The Balaban J connectivity index is 2.01. The zero-order valence-corrected chi connectivity index (χ0v) is 8.35. The van der Waals surface area contributed by atoms with Crippen molar-refractivity contribution in [2.75, 3.05) is 0 Å². The highest BCUT2D eigenvalue weighted by molar-refractivity contribution is 5.16. The van der Waals surface area contributed by atoms with Gasteiger partial charge in [-0.05, 0) is 38.0 Å². The highest BCUT2D eigenvalue weighted by atomic mass is 16.3. The fourth-order valence-corrected chi connectivity index (χ4v) is 2.85. The number of fused-ring (bicyclic) bond motifs is 1. The van der Waals surface area contributed by atoms with Gasteiger partial charge in [-0.25, -0.2) is 9.67 Å². The first-order chi connectivity index (χ1) is 6.75. The fourth-order valence-electron chi connectivity index (χ4n) is 2.85. The molecule has 1 heterocycles. The van der Waals surface area contributed by atoms with E-state index >= 15 is 0 Å². The summed E-state index contributed by atoms with van der Waals surface area (Å²) in [7, 11) is 0. The van der Waals surface area contributed by atoms with Crippen molar-refractivity contribution in [2.45, 2.75) is 38.3 Å². The Morgan fingerprint density at radius 2 is 2.57 bits per heavy atom. The third kappa shape index (κ3) is 0.919. The summed E-state index contributed by atoms with van der Waals surface area (Å²) in [5.74, 6) is 1.99. The third-order valence-electron chi connectivity index (χ3n) is 3.73. The van der Waals surface area contributed by atoms with Gasteiger partial charge < -0.3 is 5.11 Å². The normalized spacial score (nSPS) is 39.9. The molecule has 4 nitrogen and oxygen atoms in total. The number of aryl methyl sites for hydroxylation is 1. The van der Waals surface area contributed by atoms with Crippen molar-refractivity contribution in [2.24, 2.45) is 11.8 Å². The zero-order valence-electron chi connectivity index (χ0n) is 8.35. The minimum atomic E-state index is -0.669. The van der Waals surface area contributed by atoms with Gasteiger partial charge in [0.15, 0.2) is 5.82 Å². The monoisotopic (exact) mass is 193 g/mol. The maximum Gasteiger partial charge on any atom is 0.159 e. The zero-order chi connectivity index (χ0) is 9.76. The summed E-state index contributed by atoms with van der Waals surface area (Å²) in [6, 6.07) is 0. The average molecular weight is 193 g/mol. The fraction of sp³-hybridized carbons (Fsp3) is 0.800. The van der Waals surface area contributed by atoms with Crippen molar-refractivity contribution >= 4 is 0 Å². The lowest BCUT2D eigenvalue weighted by Gasteiger charge is -2.23. The van der Waals surface area contributed by atoms with Gasteiger partial charge in [-0.2, -0.15) is 5.10 Å². The van der Waals surface area contributed by atoms with Crippen molar-refractivity contribution in [3.8, 4) is 0 Å². The number of rotatable bonds is 2. The van der Waals surface area contributed by atoms with Crippen LogP contribution in [0.3, 0.4) is 0 Å². The van der Waals surface area contributed by atoms with E-state index in [1.807, 2.05) is 11.6 Å². The van der Waals surface area contributed by atoms with Crippen molar-refractivity contribution in [1.29, 1.82) is 0 Å². The Hall–Kier alpha value is -0.900. The largest absolute Gasteiger partial charge is 0.382 e. The van der Waals surface area contributed by atoms with Crippen LogP contribution in [0.25, 0.3) is 0 Å². The van der Waals surface area contributed by atoms with Gasteiger partial charge in [-0.15, -0.1) is 0 Å². The summed E-state index contributed by atoms with van der Waals surface area (Å²) in [6.07, 6.45) is 4.73. The molecule has 1 aromatic rings. The summed E-state index contributed by atoms with van der Waals surface area (Å²) in [5, 5.41) is 14.7. The van der Waals surface area contributed by atoms with Gasteiger partial charge in [0, 0.05) is 6.54 Å². The molecule has 3 unspecified atom stereocenters. The second-order valence-electron chi connectivity index (χ2n) is 4.46. The summed E-state index contributed by atoms with van der Waals surface area (Å²) in [5.41, 5.74) is -0.669. The molecule has 0 aliphatic heterocycles. The minimum Gasteiger partial charge on any atom is -0.382 e. The van der Waals surface area contributed by atoms with Gasteiger partial charge in [0.25, 0.3) is 0 Å². The number of nitrogens with zero attached hydrogens (tertiary/aromatic N) is 3. The lowest BCUT2D eigenvalue weighted by atomic mass is 9.96. The van der Waals surface area contributed by atoms with Crippen LogP contribution < -0.4 is 0 Å². The van der Waals surface area contributed by atoms with Crippen molar-refractivity contribution in [1.82, 2.24) is 14.8 Å². The van der Waals surface area contributed by atoms with Crippen LogP contribution in [0.2, 0.25) is 0 Å². The van der Waals surface area contributed by atoms with Gasteiger partial charge >= 0.3 is 0 Å². The molecule has 1 aromatic heterocycles. The number of aliphatic hydroxyl groups is 1. The Morgan fingerprint density at radius 1 is 1.71 bits per heavy atom. The Morgan fingerprint density at radius 3 is 3.14 bits per heavy atom. The Labute approximate surface area is 83.0 Å². The van der Waals surface area contributed by atoms with E-state index in [2.05, 4.69) is 10.1 Å². The second kappa shape index (κ2) is 2.57. The minimum absolute atomic E-state index is 0.456. The number of hydrogen-bond acceptors (Lipinski definition) is 3. The number of hydrogen-bond donors (Lipinski definition) is 1. The highest BCUT2D eigenvalue weighted by Crippen LogP contribution is 2.61. The molecule has 0 bridgehead atoms. The average Bonchev–Trinajstić information content (AvgIpc) is 2.70. The van der Waals surface area contributed by atoms with Crippen LogP contribution in [0.1, 0.15) is 32.0 Å². The lowest BCUT2D eigenvalue weighted by Crippen LogP contribution is -2.30. The topological polar surface area (TPSA) is 50.9 Å². The summed E-state index contributed by atoms with van der Waals surface area (Å²) >= 11 is 0. The molecule has 0 spiro atoms. The molecular weight excluding hydrogens is 178 g/mol. The third-order valence-corrected chi connectivity index (χ3v) is 3.73. The molecule has 2 aliphatic carbocycles. The summed E-state index contributed by atoms with van der Waals surface area (Å²) < 4.78 is 1.82. The predicted molar refractivity (Wildman–Crippen MR) is 50.4 cm³/mol. The van der Waals surface area contributed by atoms with Crippen LogP contribution in [0.5, 0.6) is 0 Å². The molecule has 0 aromatic carbocycles. The van der Waals surface area contributed by atoms with E-state index in [0.717, 1.165) is 31.1 Å². The first-order valence-corrected chi connectivity index (χ1v) is 5.36. The van der Waals surface area contributed by atoms with E-state index in [-0.39, 0.29) is 0 Å². The van der Waals surface area contributed by atoms with Crippen LogP contribution in [0.4, 0.5) is 0 Å². The van der Waals surface area contributed by atoms with Crippen LogP contribution in [-0.4, -0.2) is 19.9 Å². The van der Waals surface area contributed by atoms with Crippen molar-refractivity contribution in [3.05, 3.63) is 12.2 Å². The van der Waals surface area contributed by atoms with E-state index in [0.29, 0.717) is 5.92 Å². The van der Waals surface area contributed by atoms with Crippen LogP contribution in [-0.2, 0) is 12.1 Å². The van der Waals surface area contributed by atoms with Gasteiger partial charge in [-0.3, -0.25) is 0 Å². The molecule has 1 N–H and O–H groups in total. The van der Waals surface area contributed by atoms with E-state index < -0.39 is 5.60 Å². The Bertz CT molecular complexity index is 362. The first kappa shape index (κ1) is 8.41. The van der Waals surface area contributed by atoms with Gasteiger partial charge in [0.05, 0.1) is 0 Å². The molecule has 2 fully saturated rings. The van der Waals surface area contributed by atoms with Crippen molar-refractivity contribution < 1.29 is 5.11 Å². The van der Waals surface area contributed by atoms with Gasteiger partial charge in [0.1, 0.15) is 11.9 Å². The Kier molecular flexibility index (Phi) is 1.54. The molecular formula is C10H15N3O. The molecule has 76 valence electrons. The summed E-state index contributed by atoms with van der Waals surface area (Å²) in [6.45, 7) is 2.82. The molecule has 2 saturated carbocycles. The molecule has 4 heteroatoms. The van der Waals surface area contributed by atoms with Crippen LogP contribution in [0.15, 0.2) is 6.33 Å². The van der Waals surface area contributed by atoms with E-state index in [1.165, 1.54) is 6.42 Å². The van der Waals surface area contributed by atoms with Crippen molar-refractivity contribution in [3.63, 3.8) is 0 Å². The molecule has 0 saturated heterocycles. The highest BCUT2D eigenvalue weighted by Gasteiger charge is 2.59. The van der Waals surface area contributed by atoms with E-state index in [4.69, 9.17) is 0 Å². The molecule has 3 atom stereocenters. The van der Waals surface area contributed by atoms with Gasteiger partial charge in [0.2, 0.25) is 0 Å².